The van der Waals surface area contributed by atoms with Crippen LogP contribution in [0.4, 0.5) is 5.69 Å². The van der Waals surface area contributed by atoms with Crippen molar-refractivity contribution in [2.45, 2.75) is 74.7 Å². The van der Waals surface area contributed by atoms with Crippen molar-refractivity contribution in [3.8, 4) is 16.2 Å². The molecule has 2 fully saturated rings. The van der Waals surface area contributed by atoms with Crippen molar-refractivity contribution in [2.24, 2.45) is 11.8 Å². The largest absolute Gasteiger partial charge is 0.496 e. The summed E-state index contributed by atoms with van der Waals surface area (Å²) < 4.78 is 29.5. The number of nitrogens with zero attached hydrogens (tertiary/aromatic N) is 2. The van der Waals surface area contributed by atoms with Crippen LogP contribution >= 0.6 is 11.3 Å². The highest BCUT2D eigenvalue weighted by atomic mass is 32.2. The van der Waals surface area contributed by atoms with Gasteiger partial charge in [-0.3, -0.25) is 4.79 Å². The number of benzene rings is 2. The molecule has 3 aromatic rings. The summed E-state index contributed by atoms with van der Waals surface area (Å²) in [5, 5.41) is 10.0. The van der Waals surface area contributed by atoms with Gasteiger partial charge < -0.3 is 14.7 Å². The van der Waals surface area contributed by atoms with Crippen molar-refractivity contribution in [3.63, 3.8) is 0 Å². The first-order valence-electron chi connectivity index (χ1n) is 14.5. The van der Waals surface area contributed by atoms with Crippen molar-refractivity contribution in [1.29, 1.82) is 0 Å². The number of amides is 1. The Labute approximate surface area is 247 Å². The molecule has 0 unspecified atom stereocenters. The maximum absolute atomic E-state index is 14.0. The molecule has 2 aliphatic rings. The number of rotatable bonds is 8. The molecule has 220 valence electrons. The first kappa shape index (κ1) is 29.7. The number of aryl methyl sites for hydroxylation is 1. The van der Waals surface area contributed by atoms with E-state index in [0.29, 0.717) is 44.1 Å². The number of sulfone groups is 1. The molecule has 0 aliphatic heterocycles. The van der Waals surface area contributed by atoms with Gasteiger partial charge in [0.15, 0.2) is 0 Å². The van der Waals surface area contributed by atoms with Gasteiger partial charge in [0.1, 0.15) is 5.75 Å². The quantitative estimate of drug-likeness (QED) is 0.324. The zero-order valence-electron chi connectivity index (χ0n) is 24.1. The molecule has 0 saturated heterocycles. The first-order chi connectivity index (χ1) is 19.6. The Bertz CT molecular complexity index is 1470. The summed E-state index contributed by atoms with van der Waals surface area (Å²) in [5.74, 6) is 1.86. The number of aromatic nitrogens is 1. The minimum Gasteiger partial charge on any atom is -0.496 e. The molecule has 2 aliphatic carbocycles. The number of thiazole rings is 1. The fourth-order valence-corrected chi connectivity index (χ4v) is 8.11. The van der Waals surface area contributed by atoms with Crippen LogP contribution in [0.5, 0.6) is 5.75 Å². The fourth-order valence-electron chi connectivity index (χ4n) is 6.35. The van der Waals surface area contributed by atoms with Gasteiger partial charge in [0.05, 0.1) is 18.1 Å². The fraction of sp³-hybridized carbons (Fsp3) is 0.500. The summed E-state index contributed by atoms with van der Waals surface area (Å²) in [6.45, 7) is 2.75. The average Bonchev–Trinajstić information content (AvgIpc) is 3.48. The Morgan fingerprint density at radius 2 is 1.78 bits per heavy atom. The molecule has 7 nitrogen and oxygen atoms in total. The highest BCUT2D eigenvalue weighted by molar-refractivity contribution is 7.92. The number of carbonyl (C=O) groups is 1. The third-order valence-corrected chi connectivity index (χ3v) is 11.5. The van der Waals surface area contributed by atoms with Gasteiger partial charge in [-0.2, -0.15) is 0 Å². The molecule has 0 radical (unpaired) electrons. The van der Waals surface area contributed by atoms with Crippen LogP contribution in [0, 0.1) is 18.8 Å². The highest BCUT2D eigenvalue weighted by Gasteiger charge is 2.32. The summed E-state index contributed by atoms with van der Waals surface area (Å²) >= 11 is 1.15. The second-order valence-electron chi connectivity index (χ2n) is 11.7. The van der Waals surface area contributed by atoms with E-state index in [-0.39, 0.29) is 22.3 Å². The van der Waals surface area contributed by atoms with Crippen molar-refractivity contribution in [2.75, 3.05) is 24.8 Å². The zero-order valence-corrected chi connectivity index (χ0v) is 25.7. The van der Waals surface area contributed by atoms with Crippen LogP contribution < -0.4 is 9.64 Å². The number of hydrogen-bond acceptors (Lipinski definition) is 7. The molecule has 0 bridgehead atoms. The smallest absolute Gasteiger partial charge is 0.230 e. The lowest BCUT2D eigenvalue weighted by atomic mass is 9.78. The molecule has 0 atom stereocenters. The number of hydrogen-bond donors (Lipinski definition) is 1. The van der Waals surface area contributed by atoms with Crippen LogP contribution in [0.2, 0.25) is 0 Å². The summed E-state index contributed by atoms with van der Waals surface area (Å²) in [7, 11) is -1.68. The minimum atomic E-state index is -3.38. The number of anilines is 1. The van der Waals surface area contributed by atoms with E-state index >= 15 is 0 Å². The Hall–Kier alpha value is -2.75. The van der Waals surface area contributed by atoms with E-state index < -0.39 is 9.84 Å². The van der Waals surface area contributed by atoms with E-state index in [9.17, 15) is 18.3 Å². The van der Waals surface area contributed by atoms with Crippen LogP contribution in [-0.2, 0) is 14.6 Å². The molecular formula is C32H40N2O5S2. The standard InChI is InChI=1S/C32H40N2O5S2/c1-21-17-25(13-16-29(21)39-2)23-9-7-22(8-10-23)20-34(31(36)24-11-14-28(35)15-12-24)27-6-4-5-26(18-27)30-19-33-32(40-30)41(3,37)38/h4-6,13,16-19,22-24,28,35H,7-12,14-15,20H2,1-3H3. The number of aliphatic hydroxyl groups is 1. The molecule has 1 N–H and O–H groups in total. The predicted molar refractivity (Wildman–Crippen MR) is 163 cm³/mol. The van der Waals surface area contributed by atoms with Crippen LogP contribution in [0.25, 0.3) is 10.4 Å². The SMILES string of the molecule is COc1ccc(C2CCC(CN(C(=O)C3CCC(O)CC3)c3cccc(-c4cnc(S(C)(=O)=O)s4)c3)CC2)cc1C. The van der Waals surface area contributed by atoms with E-state index in [4.69, 9.17) is 4.74 Å². The third-order valence-electron chi connectivity index (χ3n) is 8.73. The molecule has 9 heteroatoms. The van der Waals surface area contributed by atoms with E-state index in [1.807, 2.05) is 29.2 Å². The van der Waals surface area contributed by atoms with Crippen LogP contribution in [0.15, 0.2) is 53.0 Å². The van der Waals surface area contributed by atoms with Gasteiger partial charge in [-0.25, -0.2) is 13.4 Å². The second-order valence-corrected chi connectivity index (χ2v) is 14.9. The summed E-state index contributed by atoms with van der Waals surface area (Å²) in [6, 6.07) is 14.3. The Balaban J connectivity index is 1.35. The Morgan fingerprint density at radius 1 is 1.05 bits per heavy atom. The van der Waals surface area contributed by atoms with Crippen LogP contribution in [-0.4, -0.2) is 50.4 Å². The van der Waals surface area contributed by atoms with Crippen molar-refractivity contribution in [1.82, 2.24) is 4.98 Å². The van der Waals surface area contributed by atoms with Gasteiger partial charge in [0, 0.05) is 30.6 Å². The number of carbonyl (C=O) groups excluding carboxylic acids is 1. The molecule has 2 saturated carbocycles. The molecular weight excluding hydrogens is 556 g/mol. The van der Waals surface area contributed by atoms with E-state index in [2.05, 4.69) is 30.1 Å². The molecule has 0 spiro atoms. The topological polar surface area (TPSA) is 96.8 Å². The maximum atomic E-state index is 14.0. The molecule has 1 heterocycles. The van der Waals surface area contributed by atoms with Crippen LogP contribution in [0.3, 0.4) is 0 Å². The van der Waals surface area contributed by atoms with Gasteiger partial charge in [-0.15, -0.1) is 11.3 Å². The second kappa shape index (κ2) is 12.6. The van der Waals surface area contributed by atoms with E-state index in [1.165, 1.54) is 5.56 Å². The summed E-state index contributed by atoms with van der Waals surface area (Å²) in [5.41, 5.74) is 4.21. The highest BCUT2D eigenvalue weighted by Crippen LogP contribution is 2.39. The molecule has 1 amide bonds. The average molecular weight is 597 g/mol. The van der Waals surface area contributed by atoms with E-state index in [1.54, 1.807) is 13.3 Å². The molecule has 2 aromatic carbocycles. The first-order valence-corrected chi connectivity index (χ1v) is 17.2. The normalized spacial score (nSPS) is 23.2. The monoisotopic (exact) mass is 596 g/mol. The molecule has 1 aromatic heterocycles. The maximum Gasteiger partial charge on any atom is 0.230 e. The summed E-state index contributed by atoms with van der Waals surface area (Å²) in [6.07, 6.45) is 9.44. The van der Waals surface area contributed by atoms with Gasteiger partial charge in [0.2, 0.25) is 20.1 Å². The predicted octanol–water partition coefficient (Wildman–Crippen LogP) is 6.39. The third kappa shape index (κ3) is 7.01. The summed E-state index contributed by atoms with van der Waals surface area (Å²) in [4.78, 5) is 20.8. The van der Waals surface area contributed by atoms with E-state index in [0.717, 1.165) is 70.7 Å². The van der Waals surface area contributed by atoms with Gasteiger partial charge in [0.25, 0.3) is 0 Å². The lowest BCUT2D eigenvalue weighted by Crippen LogP contribution is -2.41. The Kier molecular flexibility index (Phi) is 9.16. The van der Waals surface area contributed by atoms with Gasteiger partial charge in [-0.05, 0) is 105 Å². The van der Waals surface area contributed by atoms with Crippen molar-refractivity contribution >= 4 is 32.8 Å². The van der Waals surface area contributed by atoms with Gasteiger partial charge in [-0.1, -0.05) is 24.3 Å². The molecule has 5 rings (SSSR count). The van der Waals surface area contributed by atoms with Crippen LogP contribution in [0.1, 0.15) is 68.4 Å². The zero-order chi connectivity index (χ0) is 29.1. The van der Waals surface area contributed by atoms with Gasteiger partial charge >= 0.3 is 0 Å². The van der Waals surface area contributed by atoms with Crippen molar-refractivity contribution < 1.29 is 23.1 Å². The molecule has 41 heavy (non-hydrogen) atoms. The minimum absolute atomic E-state index is 0.0930. The Morgan fingerprint density at radius 3 is 2.41 bits per heavy atom. The lowest BCUT2D eigenvalue weighted by Gasteiger charge is -2.36. The van der Waals surface area contributed by atoms with Crippen molar-refractivity contribution in [3.05, 3.63) is 59.8 Å². The number of methoxy groups -OCH3 is 1. The lowest BCUT2D eigenvalue weighted by molar-refractivity contribution is -0.124. The number of ether oxygens (including phenoxy) is 1. The number of aliphatic hydroxyl groups excluding tert-OH is 1.